The van der Waals surface area contributed by atoms with E-state index < -0.39 is 0 Å². The van der Waals surface area contributed by atoms with E-state index >= 15 is 0 Å². The van der Waals surface area contributed by atoms with Crippen LogP contribution in [0.15, 0.2) is 22.8 Å². The predicted octanol–water partition coefficient (Wildman–Crippen LogP) is 4.55. The number of halogens is 1. The third-order valence-electron chi connectivity index (χ3n) is 3.23. The molecule has 0 N–H and O–H groups in total. The highest BCUT2D eigenvalue weighted by Gasteiger charge is 2.16. The number of rotatable bonds is 0. The van der Waals surface area contributed by atoms with E-state index in [1.165, 1.54) is 26.6 Å². The minimum absolute atomic E-state index is 0.211. The fourth-order valence-electron chi connectivity index (χ4n) is 2.06. The second kappa shape index (κ2) is 3.63. The minimum Gasteiger partial charge on any atom is -0.338 e. The van der Waals surface area contributed by atoms with Gasteiger partial charge in [-0.3, -0.25) is 0 Å². The Morgan fingerprint density at radius 2 is 1.81 bits per heavy atom. The number of nitrogens with zero attached hydrogens (tertiary/aromatic N) is 1. The lowest BCUT2D eigenvalue weighted by Crippen LogP contribution is -2.10. The third kappa shape index (κ3) is 1.69. The number of hydrogen-bond donors (Lipinski definition) is 0. The molecule has 16 heavy (non-hydrogen) atoms. The summed E-state index contributed by atoms with van der Waals surface area (Å²) in [7, 11) is 2.09. The smallest absolute Gasteiger partial charge is 0.0884 e. The number of hydrogen-bond acceptors (Lipinski definition) is 0. The first-order valence-corrected chi connectivity index (χ1v) is 6.36. The standard InChI is InChI=1S/C14H18BrN/c1-9-11-8-10(14(2,3)4)6-7-12(11)16(5)13(9)15/h6-8H,1-5H3. The molecule has 0 radical (unpaired) electrons. The van der Waals surface area contributed by atoms with E-state index in [0.29, 0.717) is 0 Å². The van der Waals surface area contributed by atoms with Crippen molar-refractivity contribution in [2.75, 3.05) is 0 Å². The molecule has 0 fully saturated rings. The molecular formula is C14H18BrN. The second-order valence-electron chi connectivity index (χ2n) is 5.46. The molecule has 0 aliphatic heterocycles. The molecule has 0 saturated carbocycles. The fraction of sp³-hybridized carbons (Fsp3) is 0.429. The summed E-state index contributed by atoms with van der Waals surface area (Å²) in [6.45, 7) is 8.92. The van der Waals surface area contributed by atoms with Crippen molar-refractivity contribution in [1.82, 2.24) is 4.57 Å². The molecule has 1 aromatic heterocycles. The summed E-state index contributed by atoms with van der Waals surface area (Å²) in [5.41, 5.74) is 4.21. The van der Waals surface area contributed by atoms with Crippen molar-refractivity contribution in [1.29, 1.82) is 0 Å². The van der Waals surface area contributed by atoms with Crippen molar-refractivity contribution in [3.63, 3.8) is 0 Å². The van der Waals surface area contributed by atoms with Gasteiger partial charge in [0.25, 0.3) is 0 Å². The second-order valence-corrected chi connectivity index (χ2v) is 6.21. The van der Waals surface area contributed by atoms with Gasteiger partial charge < -0.3 is 4.57 Å². The van der Waals surface area contributed by atoms with Crippen molar-refractivity contribution >= 4 is 26.8 Å². The monoisotopic (exact) mass is 279 g/mol. The number of aryl methyl sites for hydroxylation is 2. The molecule has 1 nitrogen and oxygen atoms in total. The lowest BCUT2D eigenvalue weighted by molar-refractivity contribution is 0.591. The molecule has 0 atom stereocenters. The lowest BCUT2D eigenvalue weighted by Gasteiger charge is -2.19. The van der Waals surface area contributed by atoms with E-state index in [-0.39, 0.29) is 5.41 Å². The zero-order chi connectivity index (χ0) is 12.1. The maximum absolute atomic E-state index is 3.63. The third-order valence-corrected chi connectivity index (χ3v) is 4.36. The summed E-state index contributed by atoms with van der Waals surface area (Å²) in [5.74, 6) is 0. The van der Waals surface area contributed by atoms with Crippen LogP contribution in [0, 0.1) is 6.92 Å². The van der Waals surface area contributed by atoms with Crippen molar-refractivity contribution < 1.29 is 0 Å². The molecular weight excluding hydrogens is 262 g/mol. The maximum atomic E-state index is 3.63. The van der Waals surface area contributed by atoms with Gasteiger partial charge in [0.2, 0.25) is 0 Å². The topological polar surface area (TPSA) is 4.93 Å². The number of benzene rings is 1. The first-order chi connectivity index (χ1) is 7.32. The average molecular weight is 280 g/mol. The molecule has 0 aliphatic carbocycles. The summed E-state index contributed by atoms with van der Waals surface area (Å²) in [6.07, 6.45) is 0. The Kier molecular flexibility index (Phi) is 2.66. The Bertz CT molecular complexity index is 544. The van der Waals surface area contributed by atoms with Gasteiger partial charge in [-0.1, -0.05) is 26.8 Å². The molecule has 0 bridgehead atoms. The van der Waals surface area contributed by atoms with Gasteiger partial charge in [-0.2, -0.15) is 0 Å². The van der Waals surface area contributed by atoms with Crippen molar-refractivity contribution in [3.05, 3.63) is 33.9 Å². The average Bonchev–Trinajstić information content (AvgIpc) is 2.43. The van der Waals surface area contributed by atoms with E-state index in [2.05, 4.69) is 73.4 Å². The first kappa shape index (κ1) is 11.7. The van der Waals surface area contributed by atoms with Crippen LogP contribution < -0.4 is 0 Å². The molecule has 0 spiro atoms. The van der Waals surface area contributed by atoms with Crippen LogP contribution in [0.4, 0.5) is 0 Å². The van der Waals surface area contributed by atoms with Gasteiger partial charge in [0.1, 0.15) is 0 Å². The molecule has 86 valence electrons. The van der Waals surface area contributed by atoms with Gasteiger partial charge in [0.15, 0.2) is 0 Å². The van der Waals surface area contributed by atoms with Crippen LogP contribution in [0.5, 0.6) is 0 Å². The summed E-state index contributed by atoms with van der Waals surface area (Å²) in [5, 5.41) is 1.35. The summed E-state index contributed by atoms with van der Waals surface area (Å²) < 4.78 is 3.37. The van der Waals surface area contributed by atoms with E-state index in [1.54, 1.807) is 0 Å². The highest BCUT2D eigenvalue weighted by Crippen LogP contribution is 2.32. The van der Waals surface area contributed by atoms with E-state index in [4.69, 9.17) is 0 Å². The van der Waals surface area contributed by atoms with Gasteiger partial charge >= 0.3 is 0 Å². The molecule has 0 saturated heterocycles. The predicted molar refractivity (Wildman–Crippen MR) is 74.1 cm³/mol. The molecule has 1 heterocycles. The van der Waals surface area contributed by atoms with Gasteiger partial charge in [-0.15, -0.1) is 0 Å². The molecule has 0 unspecified atom stereocenters. The van der Waals surface area contributed by atoms with Gasteiger partial charge in [-0.25, -0.2) is 0 Å². The minimum atomic E-state index is 0.211. The fourth-order valence-corrected chi connectivity index (χ4v) is 2.47. The van der Waals surface area contributed by atoms with E-state index in [1.807, 2.05) is 0 Å². The summed E-state index contributed by atoms with van der Waals surface area (Å²) in [4.78, 5) is 0. The van der Waals surface area contributed by atoms with Crippen molar-refractivity contribution in [2.45, 2.75) is 33.1 Å². The Morgan fingerprint density at radius 3 is 2.38 bits per heavy atom. The van der Waals surface area contributed by atoms with Gasteiger partial charge in [0.05, 0.1) is 4.60 Å². The number of aromatic nitrogens is 1. The van der Waals surface area contributed by atoms with Crippen molar-refractivity contribution in [3.8, 4) is 0 Å². The van der Waals surface area contributed by atoms with Crippen molar-refractivity contribution in [2.24, 2.45) is 7.05 Å². The van der Waals surface area contributed by atoms with Crippen LogP contribution in [-0.2, 0) is 12.5 Å². The zero-order valence-electron chi connectivity index (χ0n) is 10.6. The quantitative estimate of drug-likeness (QED) is 0.667. The molecule has 1 aromatic carbocycles. The molecule has 0 amide bonds. The summed E-state index contributed by atoms with van der Waals surface area (Å²) >= 11 is 3.63. The van der Waals surface area contributed by atoms with Crippen LogP contribution in [-0.4, -0.2) is 4.57 Å². The maximum Gasteiger partial charge on any atom is 0.0884 e. The highest BCUT2D eigenvalue weighted by atomic mass is 79.9. The van der Waals surface area contributed by atoms with Crippen LogP contribution in [0.25, 0.3) is 10.9 Å². The van der Waals surface area contributed by atoms with Gasteiger partial charge in [0, 0.05) is 18.0 Å². The Morgan fingerprint density at radius 1 is 1.19 bits per heavy atom. The molecule has 2 rings (SSSR count). The van der Waals surface area contributed by atoms with Crippen LogP contribution in [0.1, 0.15) is 31.9 Å². The zero-order valence-corrected chi connectivity index (χ0v) is 12.1. The Labute approximate surface area is 106 Å². The van der Waals surface area contributed by atoms with Crippen LogP contribution >= 0.6 is 15.9 Å². The largest absolute Gasteiger partial charge is 0.338 e. The Balaban J connectivity index is 2.77. The molecule has 2 heteroatoms. The molecule has 0 aliphatic rings. The lowest BCUT2D eigenvalue weighted by atomic mass is 9.86. The van der Waals surface area contributed by atoms with Crippen LogP contribution in [0.3, 0.4) is 0 Å². The Hall–Kier alpha value is -0.760. The van der Waals surface area contributed by atoms with Gasteiger partial charge in [-0.05, 0) is 51.5 Å². The van der Waals surface area contributed by atoms with E-state index in [9.17, 15) is 0 Å². The normalized spacial score (nSPS) is 12.4. The van der Waals surface area contributed by atoms with Crippen LogP contribution in [0.2, 0.25) is 0 Å². The summed E-state index contributed by atoms with van der Waals surface area (Å²) in [6, 6.07) is 6.76. The van der Waals surface area contributed by atoms with E-state index in [0.717, 1.165) is 0 Å². The number of fused-ring (bicyclic) bond motifs is 1. The SMILES string of the molecule is Cc1c(Br)n(C)c2ccc(C(C)(C)C)cc12. The molecule has 2 aromatic rings. The first-order valence-electron chi connectivity index (χ1n) is 5.57. The highest BCUT2D eigenvalue weighted by molar-refractivity contribution is 9.10.